The first-order chi connectivity index (χ1) is 7.93. The molecule has 0 aromatic heterocycles. The van der Waals surface area contributed by atoms with Crippen LogP contribution in [0.15, 0.2) is 24.3 Å². The third-order valence-corrected chi connectivity index (χ3v) is 3.34. The van der Waals surface area contributed by atoms with E-state index in [2.05, 4.69) is 22.6 Å². The average Bonchev–Trinajstić information content (AvgIpc) is 2.20. The van der Waals surface area contributed by atoms with Crippen molar-refractivity contribution in [3.05, 3.63) is 27.8 Å². The van der Waals surface area contributed by atoms with Gasteiger partial charge in [-0.25, -0.2) is 4.72 Å². The first-order valence-electron chi connectivity index (χ1n) is 4.93. The molecule has 0 heterocycles. The second kappa shape index (κ2) is 6.20. The fourth-order valence-corrected chi connectivity index (χ4v) is 2.20. The molecule has 0 fully saturated rings. The number of carbonyl (C=O) groups is 1. The highest BCUT2D eigenvalue weighted by Gasteiger charge is 2.15. The van der Waals surface area contributed by atoms with Crippen molar-refractivity contribution in [3.63, 3.8) is 0 Å². The van der Waals surface area contributed by atoms with E-state index in [1.54, 1.807) is 19.1 Å². The Kier molecular flexibility index (Phi) is 5.19. The fraction of sp³-hybridized carbons (Fsp3) is 0.300. The lowest BCUT2D eigenvalue weighted by Crippen LogP contribution is -2.33. The molecule has 7 heteroatoms. The molecule has 0 atom stereocenters. The molecule has 17 heavy (non-hydrogen) atoms. The van der Waals surface area contributed by atoms with Crippen LogP contribution in [0.2, 0.25) is 0 Å². The molecule has 0 aliphatic carbocycles. The number of rotatable bonds is 5. The molecule has 0 bridgehead atoms. The molecule has 1 aromatic rings. The lowest BCUT2D eigenvalue weighted by molar-refractivity contribution is -0.119. The summed E-state index contributed by atoms with van der Waals surface area (Å²) in [5.41, 5.74) is 0. The number of hydrogen-bond acceptors (Lipinski definition) is 4. The summed E-state index contributed by atoms with van der Waals surface area (Å²) in [6, 6.07) is 6.45. The lowest BCUT2D eigenvalue weighted by atomic mass is 10.3. The highest BCUT2D eigenvalue weighted by atomic mass is 127. The van der Waals surface area contributed by atoms with Crippen molar-refractivity contribution >= 4 is 38.8 Å². The Bertz CT molecular complexity index is 484. The van der Waals surface area contributed by atoms with E-state index in [0.29, 0.717) is 6.42 Å². The molecule has 94 valence electrons. The van der Waals surface area contributed by atoms with Crippen LogP contribution >= 0.6 is 22.6 Å². The van der Waals surface area contributed by atoms with E-state index in [0.717, 1.165) is 3.57 Å². The maximum Gasteiger partial charge on any atom is 0.409 e. The first-order valence-corrected chi connectivity index (χ1v) is 7.42. The number of hydrogen-bond donors (Lipinski definition) is 1. The van der Waals surface area contributed by atoms with Gasteiger partial charge in [0.2, 0.25) is 5.91 Å². The van der Waals surface area contributed by atoms with Gasteiger partial charge in [-0.05, 0) is 53.3 Å². The first kappa shape index (κ1) is 14.2. The minimum absolute atomic E-state index is 0.148. The van der Waals surface area contributed by atoms with Gasteiger partial charge in [-0.3, -0.25) is 4.79 Å². The summed E-state index contributed by atoms with van der Waals surface area (Å²) in [7, 11) is -4.07. The molecule has 1 amide bonds. The van der Waals surface area contributed by atoms with Crippen LogP contribution in [0.5, 0.6) is 5.75 Å². The number of amides is 1. The lowest BCUT2D eigenvalue weighted by Gasteiger charge is -2.07. The zero-order chi connectivity index (χ0) is 12.9. The number of carbonyl (C=O) groups excluding carboxylic acids is 1. The molecular weight excluding hydrogens is 357 g/mol. The Morgan fingerprint density at radius 2 is 1.94 bits per heavy atom. The molecule has 5 nitrogen and oxygen atoms in total. The summed E-state index contributed by atoms with van der Waals surface area (Å²) in [5.74, 6) is -0.403. The summed E-state index contributed by atoms with van der Waals surface area (Å²) in [5, 5.41) is 0. The van der Waals surface area contributed by atoms with Gasteiger partial charge in [0, 0.05) is 9.99 Å². The van der Waals surface area contributed by atoms with Gasteiger partial charge in [-0.15, -0.1) is 0 Å². The topological polar surface area (TPSA) is 72.5 Å². The largest absolute Gasteiger partial charge is 0.409 e. The predicted molar refractivity (Wildman–Crippen MR) is 71.8 cm³/mol. The molecule has 0 radical (unpaired) electrons. The van der Waals surface area contributed by atoms with E-state index in [1.807, 2.05) is 4.72 Å². The maximum atomic E-state index is 11.4. The molecule has 0 unspecified atom stereocenters. The minimum atomic E-state index is -4.07. The van der Waals surface area contributed by atoms with E-state index in [4.69, 9.17) is 4.18 Å². The molecule has 0 saturated heterocycles. The quantitative estimate of drug-likeness (QED) is 0.804. The smallest absolute Gasteiger partial charge is 0.367 e. The van der Waals surface area contributed by atoms with Crippen LogP contribution in [-0.4, -0.2) is 14.3 Å². The van der Waals surface area contributed by atoms with Crippen molar-refractivity contribution in [1.29, 1.82) is 0 Å². The SMILES string of the molecule is CCCC(=O)NS(=O)(=O)Oc1ccc(I)cc1. The molecule has 1 aromatic carbocycles. The van der Waals surface area contributed by atoms with Gasteiger partial charge in [0.1, 0.15) is 5.75 Å². The number of nitrogens with one attached hydrogen (secondary N) is 1. The Morgan fingerprint density at radius 1 is 1.35 bits per heavy atom. The van der Waals surface area contributed by atoms with Crippen molar-refractivity contribution < 1.29 is 17.4 Å². The maximum absolute atomic E-state index is 11.4. The third kappa shape index (κ3) is 5.35. The van der Waals surface area contributed by atoms with Gasteiger partial charge in [0.25, 0.3) is 0 Å². The Morgan fingerprint density at radius 3 is 2.47 bits per heavy atom. The van der Waals surface area contributed by atoms with Gasteiger partial charge < -0.3 is 4.18 Å². The van der Waals surface area contributed by atoms with E-state index in [-0.39, 0.29) is 12.2 Å². The fourth-order valence-electron chi connectivity index (χ4n) is 1.06. The van der Waals surface area contributed by atoms with Gasteiger partial charge >= 0.3 is 10.3 Å². The average molecular weight is 369 g/mol. The molecule has 0 spiro atoms. The summed E-state index contributed by atoms with van der Waals surface area (Å²) in [4.78, 5) is 11.1. The Hall–Kier alpha value is -0.830. The normalized spacial score (nSPS) is 10.9. The number of halogens is 1. The van der Waals surface area contributed by atoms with Crippen molar-refractivity contribution in [3.8, 4) is 5.75 Å². The zero-order valence-electron chi connectivity index (χ0n) is 9.14. The molecule has 0 saturated carbocycles. The van der Waals surface area contributed by atoms with E-state index >= 15 is 0 Å². The van der Waals surface area contributed by atoms with Gasteiger partial charge in [-0.1, -0.05) is 6.92 Å². The van der Waals surface area contributed by atoms with Crippen LogP contribution < -0.4 is 8.91 Å². The Labute approximate surface area is 114 Å². The third-order valence-electron chi connectivity index (χ3n) is 1.74. The highest BCUT2D eigenvalue weighted by molar-refractivity contribution is 14.1. The second-order valence-electron chi connectivity index (χ2n) is 3.27. The van der Waals surface area contributed by atoms with Crippen LogP contribution in [0, 0.1) is 3.57 Å². The summed E-state index contributed by atoms with van der Waals surface area (Å²) in [6.45, 7) is 1.78. The van der Waals surface area contributed by atoms with Crippen molar-refractivity contribution in [2.24, 2.45) is 0 Å². The van der Waals surface area contributed by atoms with Gasteiger partial charge in [-0.2, -0.15) is 8.42 Å². The number of benzene rings is 1. The molecule has 0 aliphatic rings. The monoisotopic (exact) mass is 369 g/mol. The van der Waals surface area contributed by atoms with Crippen LogP contribution in [0.1, 0.15) is 19.8 Å². The zero-order valence-corrected chi connectivity index (χ0v) is 12.1. The Balaban J connectivity index is 2.66. The summed E-state index contributed by atoms with van der Waals surface area (Å²) < 4.78 is 30.3. The van der Waals surface area contributed by atoms with Crippen molar-refractivity contribution in [2.75, 3.05) is 0 Å². The van der Waals surface area contributed by atoms with Crippen LogP contribution in [0.25, 0.3) is 0 Å². The van der Waals surface area contributed by atoms with Gasteiger partial charge in [0.05, 0.1) is 0 Å². The summed E-state index contributed by atoms with van der Waals surface area (Å²) >= 11 is 2.09. The van der Waals surface area contributed by atoms with Crippen LogP contribution in [0.4, 0.5) is 0 Å². The van der Waals surface area contributed by atoms with Crippen molar-refractivity contribution in [1.82, 2.24) is 4.72 Å². The molecular formula is C10H12INO4S. The molecule has 1 rings (SSSR count). The second-order valence-corrected chi connectivity index (χ2v) is 5.79. The van der Waals surface area contributed by atoms with E-state index in [1.165, 1.54) is 12.1 Å². The summed E-state index contributed by atoms with van der Waals surface area (Å²) in [6.07, 6.45) is 0.722. The van der Waals surface area contributed by atoms with Gasteiger partial charge in [0.15, 0.2) is 0 Å². The standard InChI is InChI=1S/C10H12INO4S/c1-2-3-10(13)12-17(14,15)16-9-6-4-8(11)5-7-9/h4-7H,2-3H2,1H3,(H,12,13). The highest BCUT2D eigenvalue weighted by Crippen LogP contribution is 2.14. The molecule has 1 N–H and O–H groups in total. The minimum Gasteiger partial charge on any atom is -0.367 e. The van der Waals surface area contributed by atoms with Crippen LogP contribution in [0.3, 0.4) is 0 Å². The molecule has 0 aliphatic heterocycles. The van der Waals surface area contributed by atoms with Crippen molar-refractivity contribution in [2.45, 2.75) is 19.8 Å². The van der Waals surface area contributed by atoms with E-state index in [9.17, 15) is 13.2 Å². The van der Waals surface area contributed by atoms with E-state index < -0.39 is 16.2 Å². The van der Waals surface area contributed by atoms with Crippen LogP contribution in [-0.2, 0) is 15.1 Å². The predicted octanol–water partition coefficient (Wildman–Crippen LogP) is 1.83.